The highest BCUT2D eigenvalue weighted by Gasteiger charge is 2.06. The van der Waals surface area contributed by atoms with E-state index in [9.17, 15) is 5.11 Å². The second kappa shape index (κ2) is 5.66. The van der Waals surface area contributed by atoms with E-state index in [0.29, 0.717) is 6.42 Å². The number of hydrogen-bond acceptors (Lipinski definition) is 3. The summed E-state index contributed by atoms with van der Waals surface area (Å²) < 4.78 is 5.57. The van der Waals surface area contributed by atoms with Gasteiger partial charge in [-0.15, -0.1) is 0 Å². The Balaban J connectivity index is 2.13. The van der Waals surface area contributed by atoms with Crippen molar-refractivity contribution >= 4 is 10.8 Å². The Bertz CT molecular complexity index is 476. The lowest BCUT2D eigenvalue weighted by Crippen LogP contribution is -2.18. The van der Waals surface area contributed by atoms with Gasteiger partial charge in [0.05, 0.1) is 6.10 Å². The van der Waals surface area contributed by atoms with Crippen molar-refractivity contribution in [3.8, 4) is 5.75 Å². The molecule has 0 aliphatic rings. The van der Waals surface area contributed by atoms with E-state index in [1.807, 2.05) is 42.5 Å². The quantitative estimate of drug-likeness (QED) is 0.828. The zero-order valence-electron chi connectivity index (χ0n) is 9.54. The summed E-state index contributed by atoms with van der Waals surface area (Å²) >= 11 is 0. The van der Waals surface area contributed by atoms with E-state index < -0.39 is 6.10 Å². The first-order valence-electron chi connectivity index (χ1n) is 5.71. The normalized spacial score (nSPS) is 12.6. The molecule has 2 aromatic carbocycles. The maximum Gasteiger partial charge on any atom is 0.127 e. The van der Waals surface area contributed by atoms with Crippen molar-refractivity contribution in [2.75, 3.05) is 13.2 Å². The van der Waals surface area contributed by atoms with Crippen molar-refractivity contribution in [1.29, 1.82) is 0 Å². The molecule has 0 saturated carbocycles. The minimum atomic E-state index is -0.626. The Labute approximate surface area is 100 Å². The number of rotatable bonds is 5. The number of fused-ring (bicyclic) bond motifs is 1. The van der Waals surface area contributed by atoms with Gasteiger partial charge in [-0.3, -0.25) is 0 Å². The summed E-state index contributed by atoms with van der Waals surface area (Å²) in [6.07, 6.45) is -0.288. The summed E-state index contributed by atoms with van der Waals surface area (Å²) in [5.74, 6) is 0.764. The third-order valence-corrected chi connectivity index (χ3v) is 2.64. The van der Waals surface area contributed by atoms with Gasteiger partial charge in [0.2, 0.25) is 0 Å². The Morgan fingerprint density at radius 1 is 1.06 bits per heavy atom. The third kappa shape index (κ3) is 2.96. The SMILES string of the molecule is OCCC(O)COc1cccc2ccccc12. The summed E-state index contributed by atoms with van der Waals surface area (Å²) in [5.41, 5.74) is 0. The first-order valence-corrected chi connectivity index (χ1v) is 5.71. The number of aliphatic hydroxyl groups is 2. The van der Waals surface area contributed by atoms with E-state index in [0.717, 1.165) is 16.5 Å². The summed E-state index contributed by atoms with van der Waals surface area (Å²) in [7, 11) is 0. The van der Waals surface area contributed by atoms with Crippen LogP contribution in [0, 0.1) is 0 Å². The zero-order chi connectivity index (χ0) is 12.1. The molecule has 1 unspecified atom stereocenters. The molecule has 0 saturated heterocycles. The van der Waals surface area contributed by atoms with Crippen molar-refractivity contribution in [2.45, 2.75) is 12.5 Å². The number of ether oxygens (including phenoxy) is 1. The maximum absolute atomic E-state index is 9.50. The topological polar surface area (TPSA) is 49.7 Å². The van der Waals surface area contributed by atoms with Crippen LogP contribution < -0.4 is 4.74 Å². The highest BCUT2D eigenvalue weighted by atomic mass is 16.5. The summed E-state index contributed by atoms with van der Waals surface area (Å²) in [4.78, 5) is 0. The third-order valence-electron chi connectivity index (χ3n) is 2.64. The van der Waals surface area contributed by atoms with Crippen LogP contribution >= 0.6 is 0 Å². The summed E-state index contributed by atoms with van der Waals surface area (Å²) in [5, 5.41) is 20.3. The standard InChI is InChI=1S/C14H16O3/c15-9-8-12(16)10-17-14-7-3-5-11-4-1-2-6-13(11)14/h1-7,12,15-16H,8-10H2. The molecule has 0 spiro atoms. The highest BCUT2D eigenvalue weighted by molar-refractivity contribution is 5.88. The minimum absolute atomic E-state index is 0.0277. The molecule has 0 bridgehead atoms. The molecular formula is C14H16O3. The van der Waals surface area contributed by atoms with Gasteiger partial charge in [-0.25, -0.2) is 0 Å². The molecule has 0 amide bonds. The molecule has 3 nitrogen and oxygen atoms in total. The molecule has 90 valence electrons. The molecule has 2 N–H and O–H groups in total. The van der Waals surface area contributed by atoms with E-state index in [1.54, 1.807) is 0 Å². The molecule has 3 heteroatoms. The monoisotopic (exact) mass is 232 g/mol. The molecule has 0 aliphatic carbocycles. The fraction of sp³-hybridized carbons (Fsp3) is 0.286. The first-order chi connectivity index (χ1) is 8.31. The van der Waals surface area contributed by atoms with Crippen molar-refractivity contribution in [3.63, 3.8) is 0 Å². The molecule has 2 rings (SSSR count). The van der Waals surface area contributed by atoms with Gasteiger partial charge < -0.3 is 14.9 Å². The van der Waals surface area contributed by atoms with E-state index in [1.165, 1.54) is 0 Å². The van der Waals surface area contributed by atoms with Crippen LogP contribution in [-0.4, -0.2) is 29.5 Å². The summed E-state index contributed by atoms with van der Waals surface area (Å²) in [6, 6.07) is 13.8. The lowest BCUT2D eigenvalue weighted by Gasteiger charge is -2.12. The smallest absolute Gasteiger partial charge is 0.127 e. The molecule has 0 aromatic heterocycles. The summed E-state index contributed by atoms with van der Waals surface area (Å²) in [6.45, 7) is 0.175. The van der Waals surface area contributed by atoms with Gasteiger partial charge in [0.1, 0.15) is 12.4 Å². The van der Waals surface area contributed by atoms with Crippen molar-refractivity contribution in [2.24, 2.45) is 0 Å². The maximum atomic E-state index is 9.50. The van der Waals surface area contributed by atoms with Crippen LogP contribution in [0.5, 0.6) is 5.75 Å². The predicted molar refractivity (Wildman–Crippen MR) is 67.2 cm³/mol. The Hall–Kier alpha value is -1.58. The van der Waals surface area contributed by atoms with Crippen LogP contribution in [-0.2, 0) is 0 Å². The number of aliphatic hydroxyl groups excluding tert-OH is 2. The largest absolute Gasteiger partial charge is 0.490 e. The van der Waals surface area contributed by atoms with Crippen molar-refractivity contribution in [1.82, 2.24) is 0 Å². The second-order valence-electron chi connectivity index (χ2n) is 3.95. The van der Waals surface area contributed by atoms with Gasteiger partial charge in [0.15, 0.2) is 0 Å². The van der Waals surface area contributed by atoms with Crippen molar-refractivity contribution in [3.05, 3.63) is 42.5 Å². The zero-order valence-corrected chi connectivity index (χ0v) is 9.54. The molecule has 0 radical (unpaired) electrons. The molecule has 1 atom stereocenters. The highest BCUT2D eigenvalue weighted by Crippen LogP contribution is 2.25. The Morgan fingerprint density at radius 3 is 2.65 bits per heavy atom. The Morgan fingerprint density at radius 2 is 1.82 bits per heavy atom. The average molecular weight is 232 g/mol. The van der Waals surface area contributed by atoms with E-state index in [-0.39, 0.29) is 13.2 Å². The van der Waals surface area contributed by atoms with Gasteiger partial charge in [-0.2, -0.15) is 0 Å². The molecule has 0 aliphatic heterocycles. The van der Waals surface area contributed by atoms with Gasteiger partial charge in [0.25, 0.3) is 0 Å². The molecule has 2 aromatic rings. The van der Waals surface area contributed by atoms with Gasteiger partial charge in [-0.05, 0) is 17.9 Å². The minimum Gasteiger partial charge on any atom is -0.490 e. The van der Waals surface area contributed by atoms with Crippen LogP contribution in [0.15, 0.2) is 42.5 Å². The first kappa shape index (κ1) is 11.9. The van der Waals surface area contributed by atoms with E-state index in [2.05, 4.69) is 0 Å². The average Bonchev–Trinajstić information content (AvgIpc) is 2.36. The molecule has 17 heavy (non-hydrogen) atoms. The number of benzene rings is 2. The fourth-order valence-corrected chi connectivity index (χ4v) is 1.74. The second-order valence-corrected chi connectivity index (χ2v) is 3.95. The predicted octanol–water partition coefficient (Wildman–Crippen LogP) is 1.96. The molecular weight excluding hydrogens is 216 g/mol. The van der Waals surface area contributed by atoms with Crippen LogP contribution in [0.4, 0.5) is 0 Å². The van der Waals surface area contributed by atoms with Crippen LogP contribution in [0.1, 0.15) is 6.42 Å². The van der Waals surface area contributed by atoms with Crippen LogP contribution in [0.2, 0.25) is 0 Å². The van der Waals surface area contributed by atoms with Crippen molar-refractivity contribution < 1.29 is 14.9 Å². The van der Waals surface area contributed by atoms with Crippen LogP contribution in [0.3, 0.4) is 0 Å². The number of hydrogen-bond donors (Lipinski definition) is 2. The van der Waals surface area contributed by atoms with Gasteiger partial charge >= 0.3 is 0 Å². The molecule has 0 fully saturated rings. The lowest BCUT2D eigenvalue weighted by atomic mass is 10.1. The van der Waals surface area contributed by atoms with Crippen LogP contribution in [0.25, 0.3) is 10.8 Å². The Kier molecular flexibility index (Phi) is 3.96. The van der Waals surface area contributed by atoms with E-state index >= 15 is 0 Å². The van der Waals surface area contributed by atoms with E-state index in [4.69, 9.17) is 9.84 Å². The van der Waals surface area contributed by atoms with Gasteiger partial charge in [-0.1, -0.05) is 36.4 Å². The molecule has 0 heterocycles. The van der Waals surface area contributed by atoms with Gasteiger partial charge in [0, 0.05) is 12.0 Å². The lowest BCUT2D eigenvalue weighted by molar-refractivity contribution is 0.0828. The fourth-order valence-electron chi connectivity index (χ4n) is 1.74.